The quantitative estimate of drug-likeness (QED) is 0.751. The van der Waals surface area contributed by atoms with Crippen LogP contribution < -0.4 is 10.0 Å². The maximum atomic E-state index is 15.3. The van der Waals surface area contributed by atoms with E-state index >= 15 is 4.39 Å². The molecule has 2 aliphatic rings. The van der Waals surface area contributed by atoms with Crippen molar-refractivity contribution in [1.82, 2.24) is 10.0 Å². The monoisotopic (exact) mass is 420 g/mol. The molecule has 0 unspecified atom stereocenters. The summed E-state index contributed by atoms with van der Waals surface area (Å²) in [6, 6.07) is 10.7. The Morgan fingerprint density at radius 1 is 1.17 bits per heavy atom. The van der Waals surface area contributed by atoms with Gasteiger partial charge < -0.3 is 5.32 Å². The molecule has 1 aliphatic carbocycles. The van der Waals surface area contributed by atoms with Gasteiger partial charge in [0, 0.05) is 29.6 Å². The topological polar surface area (TPSA) is 58.2 Å². The number of sulfonamides is 1. The van der Waals surface area contributed by atoms with Crippen molar-refractivity contribution in [3.05, 3.63) is 59.7 Å². The van der Waals surface area contributed by atoms with E-state index in [0.717, 1.165) is 12.8 Å². The molecule has 4 rings (SSSR count). The van der Waals surface area contributed by atoms with E-state index in [1.54, 1.807) is 38.1 Å². The number of nitrogens with one attached hydrogen (secondary N) is 2. The van der Waals surface area contributed by atoms with Crippen LogP contribution in [0.2, 0.25) is 0 Å². The third-order valence-corrected chi connectivity index (χ3v) is 8.04. The van der Waals surface area contributed by atoms with E-state index in [-0.39, 0.29) is 35.0 Å². The fourth-order valence-electron chi connectivity index (χ4n) is 4.21. The zero-order valence-corrected chi connectivity index (χ0v) is 17.4. The first-order valence-corrected chi connectivity index (χ1v) is 11.5. The summed E-state index contributed by atoms with van der Waals surface area (Å²) in [5.41, 5.74) is 0.978. The third-order valence-electron chi connectivity index (χ3n) is 6.22. The fraction of sp³-hybridized carbons (Fsp3) is 0.455. The second-order valence-electron chi connectivity index (χ2n) is 8.54. The minimum Gasteiger partial charge on any atom is -0.311 e. The summed E-state index contributed by atoms with van der Waals surface area (Å²) < 4.78 is 57.4. The summed E-state index contributed by atoms with van der Waals surface area (Å²) in [5, 5.41) is 2.81. The van der Waals surface area contributed by atoms with Gasteiger partial charge in [-0.1, -0.05) is 30.3 Å². The molecule has 1 heterocycles. The van der Waals surface area contributed by atoms with Crippen molar-refractivity contribution in [1.29, 1.82) is 0 Å². The smallest absolute Gasteiger partial charge is 0.214 e. The Hall–Kier alpha value is -1.83. The highest BCUT2D eigenvalue weighted by Crippen LogP contribution is 2.52. The van der Waals surface area contributed by atoms with Gasteiger partial charge in [-0.15, -0.1) is 0 Å². The molecule has 0 radical (unpaired) electrons. The summed E-state index contributed by atoms with van der Waals surface area (Å²) in [6.07, 6.45) is 2.09. The van der Waals surface area contributed by atoms with Gasteiger partial charge in [0.15, 0.2) is 0 Å². The van der Waals surface area contributed by atoms with Gasteiger partial charge in [-0.25, -0.2) is 21.9 Å². The normalized spacial score (nSPS) is 23.1. The Kier molecular flexibility index (Phi) is 5.25. The maximum Gasteiger partial charge on any atom is 0.214 e. The number of benzene rings is 2. The van der Waals surface area contributed by atoms with Crippen LogP contribution in [0.4, 0.5) is 8.78 Å². The van der Waals surface area contributed by atoms with Crippen LogP contribution in [0, 0.1) is 17.0 Å². The Balaban J connectivity index is 1.64. The Bertz CT molecular complexity index is 1000. The van der Waals surface area contributed by atoms with Crippen LogP contribution in [-0.4, -0.2) is 32.3 Å². The number of rotatable bonds is 6. The lowest BCUT2D eigenvalue weighted by molar-refractivity contribution is 0.404. The average molecular weight is 421 g/mol. The molecule has 7 heteroatoms. The molecule has 2 aromatic rings. The third kappa shape index (κ3) is 3.96. The van der Waals surface area contributed by atoms with Gasteiger partial charge in [-0.05, 0) is 56.4 Å². The predicted octanol–water partition coefficient (Wildman–Crippen LogP) is 3.62. The van der Waals surface area contributed by atoms with Crippen LogP contribution in [0.25, 0.3) is 11.1 Å². The second-order valence-corrected chi connectivity index (χ2v) is 10.8. The van der Waals surface area contributed by atoms with Crippen molar-refractivity contribution in [2.24, 2.45) is 5.41 Å². The van der Waals surface area contributed by atoms with Gasteiger partial charge in [0.2, 0.25) is 10.0 Å². The number of hydrogen-bond acceptors (Lipinski definition) is 3. The van der Waals surface area contributed by atoms with Crippen molar-refractivity contribution in [3.63, 3.8) is 0 Å². The molecule has 0 aromatic heterocycles. The van der Waals surface area contributed by atoms with Gasteiger partial charge >= 0.3 is 0 Å². The molecule has 1 aliphatic heterocycles. The van der Waals surface area contributed by atoms with E-state index < -0.39 is 26.9 Å². The molecule has 2 fully saturated rings. The fourth-order valence-corrected chi connectivity index (χ4v) is 5.25. The average Bonchev–Trinajstić information content (AvgIpc) is 3.40. The largest absolute Gasteiger partial charge is 0.311 e. The van der Waals surface area contributed by atoms with Gasteiger partial charge in [-0.3, -0.25) is 0 Å². The first kappa shape index (κ1) is 20.4. The second kappa shape index (κ2) is 7.45. The van der Waals surface area contributed by atoms with E-state index in [0.29, 0.717) is 12.1 Å². The molecule has 0 bridgehead atoms. The highest BCUT2D eigenvalue weighted by Gasteiger charge is 2.57. The lowest BCUT2D eigenvalue weighted by Crippen LogP contribution is -2.49. The lowest BCUT2D eigenvalue weighted by Gasteiger charge is -2.26. The van der Waals surface area contributed by atoms with E-state index in [1.165, 1.54) is 12.1 Å². The van der Waals surface area contributed by atoms with Crippen molar-refractivity contribution < 1.29 is 17.2 Å². The van der Waals surface area contributed by atoms with Crippen molar-refractivity contribution in [2.45, 2.75) is 50.4 Å². The van der Waals surface area contributed by atoms with Crippen LogP contribution in [0.1, 0.15) is 32.3 Å². The van der Waals surface area contributed by atoms with Crippen molar-refractivity contribution in [3.8, 4) is 11.1 Å². The molecule has 2 aromatic carbocycles. The minimum atomic E-state index is -3.47. The lowest BCUT2D eigenvalue weighted by atomic mass is 9.91. The zero-order valence-electron chi connectivity index (χ0n) is 16.6. The molecule has 156 valence electrons. The highest BCUT2D eigenvalue weighted by atomic mass is 32.2. The number of halogens is 2. The summed E-state index contributed by atoms with van der Waals surface area (Å²) in [7, 11) is -3.47. The Morgan fingerprint density at radius 2 is 1.86 bits per heavy atom. The summed E-state index contributed by atoms with van der Waals surface area (Å²) >= 11 is 0. The van der Waals surface area contributed by atoms with E-state index in [4.69, 9.17) is 0 Å². The van der Waals surface area contributed by atoms with Crippen molar-refractivity contribution >= 4 is 10.0 Å². The van der Waals surface area contributed by atoms with Crippen LogP contribution in [0.15, 0.2) is 42.5 Å². The molecule has 4 nitrogen and oxygen atoms in total. The van der Waals surface area contributed by atoms with Gasteiger partial charge in [0.05, 0.1) is 5.25 Å². The van der Waals surface area contributed by atoms with E-state index in [2.05, 4.69) is 10.0 Å². The standard InChI is InChI=1S/C22H26F2N2O2S/c1-14(2)29(27,28)26-21-19(25-13-22(21)8-9-22)11-16-10-17(23)12-18(20(16)24)15-6-4-3-5-7-15/h3-7,10,12,14,19,21,25-26H,8-9,11,13H2,1-2H3/t19-,21+/m0/s1. The van der Waals surface area contributed by atoms with Crippen molar-refractivity contribution in [2.75, 3.05) is 6.54 Å². The Morgan fingerprint density at radius 3 is 2.48 bits per heavy atom. The maximum absolute atomic E-state index is 15.3. The van der Waals surface area contributed by atoms with Crippen LogP contribution in [0.3, 0.4) is 0 Å². The van der Waals surface area contributed by atoms with Crippen LogP contribution in [-0.2, 0) is 16.4 Å². The predicted molar refractivity (Wildman–Crippen MR) is 110 cm³/mol. The van der Waals surface area contributed by atoms with Crippen LogP contribution >= 0.6 is 0 Å². The summed E-state index contributed by atoms with van der Waals surface area (Å²) in [4.78, 5) is 0. The van der Waals surface area contributed by atoms with E-state index in [1.807, 2.05) is 6.07 Å². The molecule has 29 heavy (non-hydrogen) atoms. The molecule has 1 spiro atoms. The highest BCUT2D eigenvalue weighted by molar-refractivity contribution is 7.90. The molecule has 2 atom stereocenters. The van der Waals surface area contributed by atoms with E-state index in [9.17, 15) is 12.8 Å². The molecule has 2 N–H and O–H groups in total. The molecule has 1 saturated carbocycles. The summed E-state index contributed by atoms with van der Waals surface area (Å²) in [6.45, 7) is 3.96. The van der Waals surface area contributed by atoms with Gasteiger partial charge in [-0.2, -0.15) is 0 Å². The zero-order chi connectivity index (χ0) is 20.8. The first-order chi connectivity index (χ1) is 13.7. The molecular weight excluding hydrogens is 394 g/mol. The Labute approximate surface area is 170 Å². The SMILES string of the molecule is CC(C)S(=O)(=O)N[C@@H]1[C@H](Cc2cc(F)cc(-c3ccccc3)c2F)NCC12CC2. The molecule has 1 saturated heterocycles. The van der Waals surface area contributed by atoms with Crippen LogP contribution in [0.5, 0.6) is 0 Å². The number of hydrogen-bond donors (Lipinski definition) is 2. The first-order valence-electron chi connectivity index (χ1n) is 10.00. The molecular formula is C22H26F2N2O2S. The molecule has 0 amide bonds. The minimum absolute atomic E-state index is 0.112. The van der Waals surface area contributed by atoms with Gasteiger partial charge in [0.25, 0.3) is 0 Å². The van der Waals surface area contributed by atoms with Gasteiger partial charge in [0.1, 0.15) is 11.6 Å². The summed E-state index contributed by atoms with van der Waals surface area (Å²) in [5.74, 6) is -0.958.